The smallest absolute Gasteiger partial charge is 0.161 e. The molecule has 0 spiro atoms. The van der Waals surface area contributed by atoms with E-state index in [1.165, 1.54) is 11.1 Å². The molecule has 0 amide bonds. The van der Waals surface area contributed by atoms with Gasteiger partial charge in [-0.05, 0) is 152 Å². The number of phenols is 2. The Morgan fingerprint density at radius 2 is 1.86 bits per heavy atom. The van der Waals surface area contributed by atoms with Crippen molar-refractivity contribution in [3.8, 4) is 51.7 Å². The molecule has 14 heteroatoms. The van der Waals surface area contributed by atoms with Crippen LogP contribution in [0.15, 0.2) is 53.0 Å². The second-order valence-corrected chi connectivity index (χ2v) is 21.2. The molecule has 0 unspecified atom stereocenters. The van der Waals surface area contributed by atoms with Crippen LogP contribution in [0.3, 0.4) is 0 Å². The molecule has 72 heavy (non-hydrogen) atoms. The minimum atomic E-state index is -1.24. The number of aryl methyl sites for hydroxylation is 1. The number of aliphatic hydroxyl groups excluding tert-OH is 2. The number of rotatable bonds is 17. The van der Waals surface area contributed by atoms with Crippen LogP contribution < -0.4 is 46.1 Å². The molecule has 0 aromatic heterocycles. The average Bonchev–Trinajstić information content (AvgIpc) is 3.84. The molecule has 382 valence electrons. The zero-order valence-electron chi connectivity index (χ0n) is 42.3. The first-order chi connectivity index (χ1) is 34.9. The minimum absolute atomic E-state index is 0.0213. The molecular weight excluding hydrogens is 911 g/mol. The Morgan fingerprint density at radius 3 is 2.65 bits per heavy atom. The lowest BCUT2D eigenvalue weighted by Gasteiger charge is -2.50. The fraction of sp³-hybridized carbons (Fsp3) is 0.500. The van der Waals surface area contributed by atoms with Crippen molar-refractivity contribution in [2.24, 2.45) is 10.9 Å². The number of fused-ring (bicyclic) bond motifs is 12. The maximum atomic E-state index is 11.8. The molecule has 14 nitrogen and oxygen atoms in total. The van der Waals surface area contributed by atoms with E-state index in [4.69, 9.17) is 23.9 Å². The van der Waals surface area contributed by atoms with E-state index in [0.717, 1.165) is 55.1 Å². The Morgan fingerprint density at radius 1 is 1.00 bits per heavy atom. The van der Waals surface area contributed by atoms with Gasteiger partial charge < -0.3 is 55.1 Å². The van der Waals surface area contributed by atoms with Crippen LogP contribution in [0.5, 0.6) is 28.7 Å². The first kappa shape index (κ1) is 50.1. The summed E-state index contributed by atoms with van der Waals surface area (Å²) in [6.07, 6.45) is 6.99. The van der Waals surface area contributed by atoms with Gasteiger partial charge in [0, 0.05) is 67.4 Å². The van der Waals surface area contributed by atoms with Crippen LogP contribution in [0.25, 0.3) is 23.3 Å². The number of phenolic OH excluding ortho intramolecular Hbond substituents is 2. The lowest BCUT2D eigenvalue weighted by atomic mass is 9.62. The number of aromatic hydroxyl groups is 2. The fourth-order valence-electron chi connectivity index (χ4n) is 12.6. The van der Waals surface area contributed by atoms with Crippen molar-refractivity contribution in [3.63, 3.8) is 0 Å². The molecule has 0 saturated heterocycles. The van der Waals surface area contributed by atoms with E-state index in [1.54, 1.807) is 6.07 Å². The predicted octanol–water partition coefficient (Wildman–Crippen LogP) is 4.53. The molecule has 7 atom stereocenters. The number of aliphatic hydroxyl groups is 3. The summed E-state index contributed by atoms with van der Waals surface area (Å²) < 4.78 is 28.3. The van der Waals surface area contributed by atoms with E-state index in [2.05, 4.69) is 77.3 Å². The molecular formula is C58H71N5O9. The fourth-order valence-corrected chi connectivity index (χ4v) is 12.6. The van der Waals surface area contributed by atoms with Gasteiger partial charge in [0.25, 0.3) is 0 Å². The third-order valence-corrected chi connectivity index (χ3v) is 15.4. The normalized spacial score (nSPS) is 24.0. The standard InChI is InChI=1S/C58H71N5O9/c1-33(2)26-57(3,68)30-61-31-63-49-10-6-7-20-69-48-24-37(22-36(53(48)67)9-8-19-64)56-58(49,70-32-60-5)27-45-42-25-44-50(35-11-15-46-34(21-35)17-18-62-46)38(28-59-4)23-43-47(66)16-14-40(51(43)44)52(42)55-41(54(45)72-56)13-12-39(29-65)71-55/h11,14-17,21-24,33,39,44,49-50,56,59-61,63-68H,7-9,12-13,18-20,25-32H2,1-5H3/t39-,44+,49+,50+,56-,57+,58+/m1/s1. The number of hydrogen-bond donors (Lipinski definition) is 9. The van der Waals surface area contributed by atoms with Gasteiger partial charge in [0.05, 0.1) is 37.4 Å². The minimum Gasteiger partial charge on any atom is -0.507 e. The molecule has 2 aliphatic carbocycles. The van der Waals surface area contributed by atoms with Crippen molar-refractivity contribution < 1.29 is 44.5 Å². The van der Waals surface area contributed by atoms with Crippen molar-refractivity contribution in [2.45, 2.75) is 113 Å². The highest BCUT2D eigenvalue weighted by Crippen LogP contribution is 2.62. The van der Waals surface area contributed by atoms with E-state index in [-0.39, 0.29) is 49.9 Å². The lowest BCUT2D eigenvalue weighted by molar-refractivity contribution is -0.141. The monoisotopic (exact) mass is 982 g/mol. The first-order valence-electron chi connectivity index (χ1n) is 25.9. The number of ether oxygens (including phenoxy) is 4. The Kier molecular flexibility index (Phi) is 14.5. The summed E-state index contributed by atoms with van der Waals surface area (Å²) in [5, 5.41) is 71.6. The molecule has 0 saturated carbocycles. The molecule has 4 aliphatic heterocycles. The van der Waals surface area contributed by atoms with E-state index in [0.29, 0.717) is 106 Å². The van der Waals surface area contributed by atoms with Crippen LogP contribution in [-0.2, 0) is 30.4 Å². The molecule has 0 fully saturated rings. The Balaban J connectivity index is 1.21. The summed E-state index contributed by atoms with van der Waals surface area (Å²) in [7, 11) is 3.81. The van der Waals surface area contributed by atoms with Crippen molar-refractivity contribution >= 4 is 12.2 Å². The van der Waals surface area contributed by atoms with Crippen LogP contribution in [0.2, 0.25) is 0 Å². The molecule has 4 aromatic carbocycles. The van der Waals surface area contributed by atoms with E-state index in [1.807, 2.05) is 39.2 Å². The number of hydrogen-bond acceptors (Lipinski definition) is 14. The largest absolute Gasteiger partial charge is 0.507 e. The van der Waals surface area contributed by atoms with Crippen molar-refractivity contribution in [2.75, 3.05) is 66.9 Å². The molecule has 2 bridgehead atoms. The summed E-state index contributed by atoms with van der Waals surface area (Å²) in [5.41, 5.74) is 8.25. The third-order valence-electron chi connectivity index (χ3n) is 15.4. The Hall–Kier alpha value is -5.47. The second-order valence-electron chi connectivity index (χ2n) is 21.2. The quantitative estimate of drug-likeness (QED) is 0.0407. The molecule has 9 N–H and O–H groups in total. The maximum Gasteiger partial charge on any atom is 0.161 e. The maximum absolute atomic E-state index is 11.8. The number of likely N-dealkylation sites (N-methyl/N-ethyl adjacent to an activating group) is 1. The summed E-state index contributed by atoms with van der Waals surface area (Å²) in [4.78, 5) is 4.72. The predicted molar refractivity (Wildman–Crippen MR) is 277 cm³/mol. The SMILES string of the molecule is CNCO[C@]12Cc3c4c(c5c(c3O[C@@H]1c1cc(CCCO)c(O)c(c1)OCCC#C[C@@H]2NCNC[C@@](C)(O)CC(C)C)CC[C@H](CO)O5)-c1ccc(O)c2c1[C@@H](C4)[C@@H](c1ccc3c(c1)=CCN=3)C(CNC)=C2. The van der Waals surface area contributed by atoms with Crippen LogP contribution in [0.1, 0.15) is 109 Å². The lowest BCUT2D eigenvalue weighted by Crippen LogP contribution is -2.62. The molecule has 4 aromatic rings. The van der Waals surface area contributed by atoms with E-state index in [9.17, 15) is 25.5 Å². The average molecular weight is 982 g/mol. The summed E-state index contributed by atoms with van der Waals surface area (Å²) in [5.74, 6) is 9.09. The second kappa shape index (κ2) is 20.8. The summed E-state index contributed by atoms with van der Waals surface area (Å²) >= 11 is 0. The highest BCUT2D eigenvalue weighted by atomic mass is 16.6. The highest BCUT2D eigenvalue weighted by Gasteiger charge is 2.55. The summed E-state index contributed by atoms with van der Waals surface area (Å²) in [6, 6.07) is 13.6. The van der Waals surface area contributed by atoms with Crippen molar-refractivity contribution in [1.82, 2.24) is 21.3 Å². The van der Waals surface area contributed by atoms with Gasteiger partial charge in [-0.2, -0.15) is 0 Å². The molecule has 4 heterocycles. The first-order valence-corrected chi connectivity index (χ1v) is 25.9. The summed E-state index contributed by atoms with van der Waals surface area (Å²) in [6.45, 7) is 8.16. The van der Waals surface area contributed by atoms with Gasteiger partial charge in [-0.1, -0.05) is 43.9 Å². The number of nitrogens with zero attached hydrogens (tertiary/aromatic N) is 1. The van der Waals surface area contributed by atoms with Gasteiger partial charge >= 0.3 is 0 Å². The van der Waals surface area contributed by atoms with Gasteiger partial charge in [0.1, 0.15) is 35.0 Å². The van der Waals surface area contributed by atoms with Crippen LogP contribution in [0, 0.1) is 17.8 Å². The Bertz CT molecular complexity index is 2940. The molecule has 10 rings (SSSR count). The van der Waals surface area contributed by atoms with Gasteiger partial charge in [-0.15, -0.1) is 0 Å². The molecule has 0 radical (unpaired) electrons. The van der Waals surface area contributed by atoms with Crippen LogP contribution >= 0.6 is 0 Å². The zero-order valence-corrected chi connectivity index (χ0v) is 42.3. The van der Waals surface area contributed by atoms with Gasteiger partial charge in [0.15, 0.2) is 17.6 Å². The van der Waals surface area contributed by atoms with Gasteiger partial charge in [0.2, 0.25) is 0 Å². The van der Waals surface area contributed by atoms with E-state index >= 15 is 0 Å². The van der Waals surface area contributed by atoms with Crippen LogP contribution in [0.4, 0.5) is 0 Å². The number of nitrogens with one attached hydrogen (secondary N) is 4. The van der Waals surface area contributed by atoms with Crippen molar-refractivity contribution in [1.29, 1.82) is 0 Å². The third kappa shape index (κ3) is 9.28. The highest BCUT2D eigenvalue weighted by molar-refractivity contribution is 5.89. The van der Waals surface area contributed by atoms with Crippen LogP contribution in [-0.4, -0.2) is 116 Å². The Labute approximate surface area is 422 Å². The zero-order chi connectivity index (χ0) is 50.3. The van der Waals surface area contributed by atoms with E-state index < -0.39 is 29.5 Å². The molecule has 6 aliphatic rings. The van der Waals surface area contributed by atoms with Gasteiger partial charge in [-0.25, -0.2) is 0 Å². The van der Waals surface area contributed by atoms with Crippen molar-refractivity contribution in [3.05, 3.63) is 103 Å². The number of benzene rings is 4. The topological polar surface area (TPSA) is 199 Å². The van der Waals surface area contributed by atoms with Gasteiger partial charge in [-0.3, -0.25) is 15.6 Å².